The van der Waals surface area contributed by atoms with Crippen LogP contribution in [-0.4, -0.2) is 20.4 Å². The van der Waals surface area contributed by atoms with Gasteiger partial charge in [-0.25, -0.2) is 0 Å². The van der Waals surface area contributed by atoms with Gasteiger partial charge in [0.25, 0.3) is 0 Å². The quantitative estimate of drug-likeness (QED) is 0.545. The molecule has 19 heavy (non-hydrogen) atoms. The average Bonchev–Trinajstić information content (AvgIpc) is 2.72. The molecule has 2 aromatic heterocycles. The van der Waals surface area contributed by atoms with Gasteiger partial charge in [0.05, 0.1) is 11.0 Å². The summed E-state index contributed by atoms with van der Waals surface area (Å²) in [4.78, 5) is 11.5. The number of hydrogen-bond acceptors (Lipinski definition) is 3. The molecule has 0 atom stereocenters. The number of pyridine rings is 1. The van der Waals surface area contributed by atoms with Crippen LogP contribution in [0.3, 0.4) is 0 Å². The number of fused-ring (bicyclic) bond motifs is 3. The highest BCUT2D eigenvalue weighted by Gasteiger charge is 2.17. The molecule has 2 N–H and O–H groups in total. The van der Waals surface area contributed by atoms with Crippen molar-refractivity contribution in [2.75, 3.05) is 0 Å². The summed E-state index contributed by atoms with van der Waals surface area (Å²) in [7, 11) is 0. The minimum absolute atomic E-state index is 0.0149. The van der Waals surface area contributed by atoms with E-state index in [0.717, 1.165) is 16.4 Å². The second kappa shape index (κ2) is 4.19. The number of carbonyl (C=O) groups is 1. The Kier molecular flexibility index (Phi) is 2.62. The van der Waals surface area contributed by atoms with Gasteiger partial charge in [0.2, 0.25) is 0 Å². The van der Waals surface area contributed by atoms with Gasteiger partial charge in [-0.05, 0) is 25.1 Å². The van der Waals surface area contributed by atoms with Gasteiger partial charge < -0.3 is 14.6 Å². The number of carbonyl (C=O) groups excluding carboxylic acids is 1. The third-order valence-electron chi connectivity index (χ3n) is 3.35. The number of benzene rings is 1. The molecule has 0 unspecified atom stereocenters. The lowest BCUT2D eigenvalue weighted by Crippen LogP contribution is -1.94. The lowest BCUT2D eigenvalue weighted by atomic mass is 10.1. The van der Waals surface area contributed by atoms with Gasteiger partial charge in [-0.2, -0.15) is 0 Å². The number of hydrogen-bond donors (Lipinski definition) is 2. The van der Waals surface area contributed by atoms with E-state index in [9.17, 15) is 15.0 Å². The van der Waals surface area contributed by atoms with Crippen LogP contribution in [0.15, 0.2) is 42.6 Å². The van der Waals surface area contributed by atoms with Crippen LogP contribution in [0.4, 0.5) is 0 Å². The van der Waals surface area contributed by atoms with Gasteiger partial charge in [-0.15, -0.1) is 0 Å². The first kappa shape index (κ1) is 11.9. The van der Waals surface area contributed by atoms with Crippen LogP contribution in [0.2, 0.25) is 0 Å². The normalized spacial score (nSPS) is 11.6. The number of Topliss-reactive ketones (excluding diaryl/α,β-unsaturated/α-hetero) is 1. The molecule has 0 fully saturated rings. The van der Waals surface area contributed by atoms with Crippen molar-refractivity contribution in [2.45, 2.75) is 13.2 Å². The molecule has 0 aliphatic carbocycles. The van der Waals surface area contributed by atoms with Gasteiger partial charge in [0.1, 0.15) is 0 Å². The molecule has 0 bridgehead atoms. The maximum atomic E-state index is 11.5. The van der Waals surface area contributed by atoms with Crippen molar-refractivity contribution in [3.8, 4) is 0 Å². The molecule has 0 aliphatic rings. The summed E-state index contributed by atoms with van der Waals surface area (Å²) in [6.45, 7) is 1.51. The first-order valence-corrected chi connectivity index (χ1v) is 5.99. The summed E-state index contributed by atoms with van der Waals surface area (Å²) in [6, 6.07) is 10.8. The van der Waals surface area contributed by atoms with Crippen LogP contribution >= 0.6 is 0 Å². The third-order valence-corrected chi connectivity index (χ3v) is 3.35. The highest BCUT2D eigenvalue weighted by molar-refractivity contribution is 6.00. The van der Waals surface area contributed by atoms with Crippen LogP contribution in [0, 0.1) is 0 Å². The fourth-order valence-electron chi connectivity index (χ4n) is 2.46. The van der Waals surface area contributed by atoms with Gasteiger partial charge in [0, 0.05) is 22.7 Å². The van der Waals surface area contributed by atoms with E-state index in [-0.39, 0.29) is 5.78 Å². The summed E-state index contributed by atoms with van der Waals surface area (Å²) in [5.41, 5.74) is 2.60. The highest BCUT2D eigenvalue weighted by Crippen LogP contribution is 2.31. The van der Waals surface area contributed by atoms with E-state index in [1.165, 1.54) is 6.92 Å². The Bertz CT molecular complexity index is 787. The van der Waals surface area contributed by atoms with Crippen molar-refractivity contribution in [3.63, 3.8) is 0 Å². The lowest BCUT2D eigenvalue weighted by Gasteiger charge is -2.02. The molecule has 0 saturated carbocycles. The van der Waals surface area contributed by atoms with E-state index in [4.69, 9.17) is 0 Å². The van der Waals surface area contributed by atoms with Crippen molar-refractivity contribution in [3.05, 3.63) is 53.7 Å². The molecule has 96 valence electrons. The Balaban J connectivity index is 2.49. The predicted molar refractivity (Wildman–Crippen MR) is 72.1 cm³/mol. The number of aromatic nitrogens is 1. The SMILES string of the molecule is CC(=O)c1ccc2c(C(O)O)c3ccccn3c2c1. The molecular formula is C15H13NO3. The van der Waals surface area contributed by atoms with Crippen molar-refractivity contribution >= 4 is 22.2 Å². The lowest BCUT2D eigenvalue weighted by molar-refractivity contribution is -0.0402. The van der Waals surface area contributed by atoms with Crippen molar-refractivity contribution in [1.29, 1.82) is 0 Å². The van der Waals surface area contributed by atoms with Crippen molar-refractivity contribution in [1.82, 2.24) is 4.40 Å². The smallest absolute Gasteiger partial charge is 0.181 e. The molecule has 0 aliphatic heterocycles. The number of rotatable bonds is 2. The maximum absolute atomic E-state index is 11.5. The number of ketones is 1. The molecule has 4 heteroatoms. The van der Waals surface area contributed by atoms with Crippen LogP contribution in [0.5, 0.6) is 0 Å². The van der Waals surface area contributed by atoms with E-state index in [1.54, 1.807) is 18.2 Å². The zero-order chi connectivity index (χ0) is 13.6. The van der Waals surface area contributed by atoms with Gasteiger partial charge in [0.15, 0.2) is 12.1 Å². The summed E-state index contributed by atoms with van der Waals surface area (Å²) >= 11 is 0. The average molecular weight is 255 g/mol. The van der Waals surface area contributed by atoms with Crippen LogP contribution in [0.25, 0.3) is 16.4 Å². The maximum Gasteiger partial charge on any atom is 0.181 e. The van der Waals surface area contributed by atoms with E-state index in [1.807, 2.05) is 28.8 Å². The molecule has 0 amide bonds. The Hall–Kier alpha value is -2.17. The Labute approximate surface area is 109 Å². The fraction of sp³-hybridized carbons (Fsp3) is 0.133. The second-order valence-corrected chi connectivity index (χ2v) is 4.53. The summed E-state index contributed by atoms with van der Waals surface area (Å²) < 4.78 is 1.86. The Morgan fingerprint density at radius 2 is 1.95 bits per heavy atom. The molecule has 0 radical (unpaired) electrons. The van der Waals surface area contributed by atoms with Crippen LogP contribution in [-0.2, 0) is 0 Å². The first-order chi connectivity index (χ1) is 9.09. The van der Waals surface area contributed by atoms with E-state index in [0.29, 0.717) is 11.1 Å². The van der Waals surface area contributed by atoms with Gasteiger partial charge in [-0.3, -0.25) is 4.79 Å². The molecular weight excluding hydrogens is 242 g/mol. The Morgan fingerprint density at radius 1 is 1.16 bits per heavy atom. The van der Waals surface area contributed by atoms with Gasteiger partial charge >= 0.3 is 0 Å². The number of nitrogens with zero attached hydrogens (tertiary/aromatic N) is 1. The van der Waals surface area contributed by atoms with Gasteiger partial charge in [-0.1, -0.05) is 18.2 Å². The van der Waals surface area contributed by atoms with E-state index >= 15 is 0 Å². The Morgan fingerprint density at radius 3 is 2.63 bits per heavy atom. The summed E-state index contributed by atoms with van der Waals surface area (Å²) in [5, 5.41) is 19.9. The molecule has 0 saturated heterocycles. The topological polar surface area (TPSA) is 61.9 Å². The largest absolute Gasteiger partial charge is 0.364 e. The summed E-state index contributed by atoms with van der Waals surface area (Å²) in [6.07, 6.45) is 0.297. The zero-order valence-corrected chi connectivity index (χ0v) is 10.4. The predicted octanol–water partition coefficient (Wildman–Crippen LogP) is 2.28. The third kappa shape index (κ3) is 1.73. The van der Waals surface area contributed by atoms with Crippen molar-refractivity contribution in [2.24, 2.45) is 0 Å². The first-order valence-electron chi connectivity index (χ1n) is 5.99. The van der Waals surface area contributed by atoms with Crippen LogP contribution < -0.4 is 0 Å². The van der Waals surface area contributed by atoms with E-state index in [2.05, 4.69) is 0 Å². The van der Waals surface area contributed by atoms with E-state index < -0.39 is 6.29 Å². The summed E-state index contributed by atoms with van der Waals surface area (Å²) in [5.74, 6) is -0.0149. The second-order valence-electron chi connectivity index (χ2n) is 4.53. The molecule has 2 heterocycles. The van der Waals surface area contributed by atoms with Crippen molar-refractivity contribution < 1.29 is 15.0 Å². The number of aliphatic hydroxyl groups is 2. The zero-order valence-electron chi connectivity index (χ0n) is 10.4. The fourth-order valence-corrected chi connectivity index (χ4v) is 2.46. The molecule has 1 aromatic carbocycles. The molecule has 3 rings (SSSR count). The standard InChI is InChI=1S/C15H13NO3/c1-9(17)10-5-6-11-13(8-10)16-7-3-2-4-12(16)14(11)15(18)19/h2-8,15,18-19H,1H3. The van der Waals surface area contributed by atoms with Crippen LogP contribution in [0.1, 0.15) is 29.1 Å². The highest BCUT2D eigenvalue weighted by atomic mass is 16.5. The minimum atomic E-state index is -1.54. The molecule has 3 aromatic rings. The number of aliphatic hydroxyl groups excluding tert-OH is 1. The monoisotopic (exact) mass is 255 g/mol. The molecule has 4 nitrogen and oxygen atoms in total. The minimum Gasteiger partial charge on any atom is -0.364 e. The molecule has 0 spiro atoms.